The molecule has 1 aliphatic heterocycles. The number of nitro groups is 1. The lowest BCUT2D eigenvalue weighted by Gasteiger charge is -2.36. The van der Waals surface area contributed by atoms with Gasteiger partial charge >= 0.3 is 0 Å². The summed E-state index contributed by atoms with van der Waals surface area (Å²) < 4.78 is 26.7. The molecule has 0 unspecified atom stereocenters. The topological polar surface area (TPSA) is 110 Å². The van der Waals surface area contributed by atoms with E-state index in [0.29, 0.717) is 32.7 Å². The molecule has 8 nitrogen and oxygen atoms in total. The van der Waals surface area contributed by atoms with E-state index >= 15 is 0 Å². The summed E-state index contributed by atoms with van der Waals surface area (Å²) in [6.07, 6.45) is 0. The fourth-order valence-corrected chi connectivity index (χ4v) is 4.25. The molecule has 0 radical (unpaired) electrons. The maximum atomic E-state index is 12.7. The highest BCUT2D eigenvalue weighted by atomic mass is 32.2. The molecule has 1 heterocycles. The van der Waals surface area contributed by atoms with Crippen molar-refractivity contribution >= 4 is 15.7 Å². The Morgan fingerprint density at radius 1 is 1.22 bits per heavy atom. The smallest absolute Gasteiger partial charge is 0.289 e. The van der Waals surface area contributed by atoms with Crippen molar-refractivity contribution in [2.24, 2.45) is 5.73 Å². The van der Waals surface area contributed by atoms with Gasteiger partial charge in [-0.1, -0.05) is 12.1 Å². The van der Waals surface area contributed by atoms with E-state index in [-0.39, 0.29) is 10.4 Å². The van der Waals surface area contributed by atoms with Gasteiger partial charge in [0.25, 0.3) is 5.69 Å². The Kier molecular flexibility index (Phi) is 5.04. The second kappa shape index (κ2) is 6.52. The Morgan fingerprint density at radius 2 is 1.78 bits per heavy atom. The predicted molar refractivity (Wildman–Crippen MR) is 86.6 cm³/mol. The highest BCUT2D eigenvalue weighted by Gasteiger charge is 2.34. The van der Waals surface area contributed by atoms with Gasteiger partial charge in [-0.2, -0.15) is 4.31 Å². The molecule has 2 N–H and O–H groups in total. The second-order valence-corrected chi connectivity index (χ2v) is 8.30. The van der Waals surface area contributed by atoms with E-state index in [4.69, 9.17) is 5.73 Å². The summed E-state index contributed by atoms with van der Waals surface area (Å²) in [6, 6.07) is 5.44. The molecule has 23 heavy (non-hydrogen) atoms. The molecule has 1 saturated heterocycles. The molecule has 0 aromatic heterocycles. The van der Waals surface area contributed by atoms with E-state index < -0.39 is 20.6 Å². The van der Waals surface area contributed by atoms with Crippen LogP contribution >= 0.6 is 0 Å². The molecule has 0 amide bonds. The lowest BCUT2D eigenvalue weighted by Crippen LogP contribution is -2.54. The maximum Gasteiger partial charge on any atom is 0.289 e. The summed E-state index contributed by atoms with van der Waals surface area (Å²) in [5.74, 6) is 0. The number of piperazine rings is 1. The molecular weight excluding hydrogens is 320 g/mol. The summed E-state index contributed by atoms with van der Waals surface area (Å²) in [5.41, 5.74) is 5.24. The van der Waals surface area contributed by atoms with Crippen LogP contribution in [-0.2, 0) is 10.0 Å². The van der Waals surface area contributed by atoms with Gasteiger partial charge in [-0.05, 0) is 19.9 Å². The molecule has 2 rings (SSSR count). The van der Waals surface area contributed by atoms with Crippen LogP contribution in [0.5, 0.6) is 0 Å². The first kappa shape index (κ1) is 17.8. The minimum Gasteiger partial charge on any atom is -0.324 e. The number of sulfonamides is 1. The van der Waals surface area contributed by atoms with Crippen LogP contribution in [0.15, 0.2) is 29.2 Å². The fraction of sp³-hybridized carbons (Fsp3) is 0.571. The first-order valence-electron chi connectivity index (χ1n) is 7.36. The summed E-state index contributed by atoms with van der Waals surface area (Å²) in [7, 11) is -3.87. The van der Waals surface area contributed by atoms with Crippen molar-refractivity contribution in [3.05, 3.63) is 34.4 Å². The predicted octanol–water partition coefficient (Wildman–Crippen LogP) is 0.638. The van der Waals surface area contributed by atoms with Gasteiger partial charge in [-0.15, -0.1) is 0 Å². The quantitative estimate of drug-likeness (QED) is 0.621. The molecule has 1 fully saturated rings. The molecule has 9 heteroatoms. The fourth-order valence-electron chi connectivity index (χ4n) is 2.67. The Morgan fingerprint density at radius 3 is 2.30 bits per heavy atom. The molecule has 0 bridgehead atoms. The van der Waals surface area contributed by atoms with Crippen LogP contribution in [0.1, 0.15) is 13.8 Å². The number of nitro benzene ring substituents is 1. The Bertz CT molecular complexity index is 676. The SMILES string of the molecule is CC(C)(N)CN1CCN(S(=O)(=O)c2ccccc2[N+](=O)[O-])CC1. The highest BCUT2D eigenvalue weighted by Crippen LogP contribution is 2.26. The number of nitrogens with zero attached hydrogens (tertiary/aromatic N) is 3. The Labute approximate surface area is 136 Å². The number of rotatable bonds is 5. The second-order valence-electron chi connectivity index (χ2n) is 6.39. The van der Waals surface area contributed by atoms with Crippen molar-refractivity contribution in [2.45, 2.75) is 24.3 Å². The van der Waals surface area contributed by atoms with Crippen LogP contribution in [0.2, 0.25) is 0 Å². The van der Waals surface area contributed by atoms with Gasteiger partial charge in [-0.25, -0.2) is 8.42 Å². The standard InChI is InChI=1S/C14H22N4O4S/c1-14(2,15)11-16-7-9-17(10-8-16)23(21,22)13-6-4-3-5-12(13)18(19)20/h3-6H,7-11,15H2,1-2H3. The molecule has 1 aromatic rings. The molecule has 128 valence electrons. The van der Waals surface area contributed by atoms with Crippen molar-refractivity contribution in [2.75, 3.05) is 32.7 Å². The molecular formula is C14H22N4O4S. The molecule has 0 spiro atoms. The number of benzene rings is 1. The normalized spacial score (nSPS) is 18.0. The molecule has 1 aliphatic rings. The minimum absolute atomic E-state index is 0.252. The van der Waals surface area contributed by atoms with Crippen LogP contribution in [0.4, 0.5) is 5.69 Å². The third-order valence-electron chi connectivity index (χ3n) is 3.64. The minimum atomic E-state index is -3.87. The van der Waals surface area contributed by atoms with Gasteiger partial charge in [0.1, 0.15) is 0 Å². The van der Waals surface area contributed by atoms with E-state index in [1.807, 2.05) is 13.8 Å². The number of hydrogen-bond acceptors (Lipinski definition) is 6. The lowest BCUT2D eigenvalue weighted by atomic mass is 10.1. The van der Waals surface area contributed by atoms with Crippen molar-refractivity contribution in [3.63, 3.8) is 0 Å². The summed E-state index contributed by atoms with van der Waals surface area (Å²) in [4.78, 5) is 12.2. The van der Waals surface area contributed by atoms with E-state index in [0.717, 1.165) is 0 Å². The Hall–Kier alpha value is -1.55. The highest BCUT2D eigenvalue weighted by molar-refractivity contribution is 7.89. The summed E-state index contributed by atoms with van der Waals surface area (Å²) in [6.45, 7) is 6.22. The lowest BCUT2D eigenvalue weighted by molar-refractivity contribution is -0.387. The van der Waals surface area contributed by atoms with Crippen molar-refractivity contribution in [1.82, 2.24) is 9.21 Å². The van der Waals surface area contributed by atoms with Gasteiger partial charge in [0.2, 0.25) is 10.0 Å². The van der Waals surface area contributed by atoms with Crippen molar-refractivity contribution in [3.8, 4) is 0 Å². The van der Waals surface area contributed by atoms with Gasteiger partial charge in [0.05, 0.1) is 4.92 Å². The van der Waals surface area contributed by atoms with Crippen LogP contribution in [0.25, 0.3) is 0 Å². The van der Waals surface area contributed by atoms with Crippen LogP contribution in [0, 0.1) is 10.1 Å². The van der Waals surface area contributed by atoms with Crippen LogP contribution < -0.4 is 5.73 Å². The number of para-hydroxylation sites is 1. The van der Waals surface area contributed by atoms with Gasteiger partial charge in [0, 0.05) is 44.3 Å². The summed E-state index contributed by atoms with van der Waals surface area (Å²) in [5, 5.41) is 11.1. The number of hydrogen-bond donors (Lipinski definition) is 1. The van der Waals surface area contributed by atoms with E-state index in [2.05, 4.69) is 4.90 Å². The Balaban J connectivity index is 2.16. The van der Waals surface area contributed by atoms with Crippen LogP contribution in [-0.4, -0.2) is 60.8 Å². The average Bonchev–Trinajstić information content (AvgIpc) is 2.46. The summed E-state index contributed by atoms with van der Waals surface area (Å²) >= 11 is 0. The van der Waals surface area contributed by atoms with Crippen molar-refractivity contribution in [1.29, 1.82) is 0 Å². The van der Waals surface area contributed by atoms with Crippen LogP contribution in [0.3, 0.4) is 0 Å². The first-order chi connectivity index (χ1) is 10.6. The molecule has 0 aliphatic carbocycles. The van der Waals surface area contributed by atoms with Crippen molar-refractivity contribution < 1.29 is 13.3 Å². The molecule has 0 saturated carbocycles. The zero-order chi connectivity index (χ0) is 17.3. The molecule has 0 atom stereocenters. The third kappa shape index (κ3) is 4.25. The third-order valence-corrected chi connectivity index (χ3v) is 5.59. The van der Waals surface area contributed by atoms with Gasteiger partial charge < -0.3 is 5.73 Å². The van der Waals surface area contributed by atoms with E-state index in [9.17, 15) is 18.5 Å². The maximum absolute atomic E-state index is 12.7. The monoisotopic (exact) mass is 342 g/mol. The first-order valence-corrected chi connectivity index (χ1v) is 8.80. The zero-order valence-electron chi connectivity index (χ0n) is 13.3. The number of nitrogens with two attached hydrogens (primary N) is 1. The zero-order valence-corrected chi connectivity index (χ0v) is 14.1. The van der Waals surface area contributed by atoms with Gasteiger partial charge in [-0.3, -0.25) is 15.0 Å². The van der Waals surface area contributed by atoms with Gasteiger partial charge in [0.15, 0.2) is 4.90 Å². The molecule has 1 aromatic carbocycles. The van der Waals surface area contributed by atoms with E-state index in [1.165, 1.54) is 28.6 Å². The largest absolute Gasteiger partial charge is 0.324 e. The average molecular weight is 342 g/mol. The van der Waals surface area contributed by atoms with E-state index in [1.54, 1.807) is 0 Å².